The number of aliphatic hydroxyl groups is 2. The van der Waals surface area contributed by atoms with Crippen molar-refractivity contribution < 1.29 is 70.8 Å². The van der Waals surface area contributed by atoms with Crippen LogP contribution in [0.25, 0.3) is 11.2 Å². The second-order valence-corrected chi connectivity index (χ2v) is 12.9. The molecule has 0 amide bonds. The highest BCUT2D eigenvalue weighted by Gasteiger charge is 2.48. The molecule has 1 saturated heterocycles. The summed E-state index contributed by atoms with van der Waals surface area (Å²) in [5, 5.41) is 20.6. The number of rotatable bonds is 11. The number of nitrogens with one attached hydrogen (secondary N) is 2. The van der Waals surface area contributed by atoms with Gasteiger partial charge in [0.2, 0.25) is 11.7 Å². The molecule has 6 atom stereocenters. The first-order valence-corrected chi connectivity index (χ1v) is 16.3. The Morgan fingerprint density at radius 3 is 2.15 bits per heavy atom. The van der Waals surface area contributed by atoms with Crippen LogP contribution in [0.5, 0.6) is 0 Å². The van der Waals surface area contributed by atoms with E-state index in [-0.39, 0.29) is 17.1 Å². The number of aromatic amines is 1. The Hall–Kier alpha value is -1.60. The molecule has 2 unspecified atom stereocenters. The number of imidazole rings is 1. The van der Waals surface area contributed by atoms with Gasteiger partial charge >= 0.3 is 29.1 Å². The van der Waals surface area contributed by atoms with E-state index in [0.717, 1.165) is 0 Å². The number of quaternary nitrogens is 1. The van der Waals surface area contributed by atoms with Gasteiger partial charge in [-0.3, -0.25) is 18.9 Å². The van der Waals surface area contributed by atoms with Gasteiger partial charge in [-0.15, -0.1) is 0 Å². The van der Waals surface area contributed by atoms with Crippen LogP contribution in [0.2, 0.25) is 0 Å². The topological polar surface area (TPSA) is 295 Å². The number of ether oxygens (including phenoxy) is 1. The van der Waals surface area contributed by atoms with Crippen molar-refractivity contribution in [3.05, 3.63) is 16.7 Å². The standard InChI is InChI=1S/C11H18N5O14P3.C6H15N/c1-15-3-16(8-5(15)9(19)14-11(12)13-8)10-7(18)6(17)4(28-10)2-27-32(23,24)30-33(25,26)29-31(20,21)22;1-4-7(5-2)6-3/h3-4,6-7,10,17-18H,2H2,1H3,(H6-,12,13,14,19,20,21,22,23,24,25,26);4-6H2,1-3H3/p+2/t4-,6-,7-,10-;/m1./s1. The number of aromatic nitrogens is 4. The molecule has 40 heavy (non-hydrogen) atoms. The lowest BCUT2D eigenvalue weighted by Crippen LogP contribution is -3.11. The monoisotopic (exact) mass is 640 g/mol. The molecule has 0 spiro atoms. The summed E-state index contributed by atoms with van der Waals surface area (Å²) >= 11 is 0. The van der Waals surface area contributed by atoms with Crippen molar-refractivity contribution in [3.8, 4) is 0 Å². The molecule has 0 saturated carbocycles. The summed E-state index contributed by atoms with van der Waals surface area (Å²) in [5.41, 5.74) is 4.96. The van der Waals surface area contributed by atoms with Crippen LogP contribution in [0.3, 0.4) is 0 Å². The number of anilines is 1. The van der Waals surface area contributed by atoms with Gasteiger partial charge in [-0.05, 0) is 20.8 Å². The molecule has 3 rings (SSSR count). The Balaban J connectivity index is 0.000000708. The third-order valence-corrected chi connectivity index (χ3v) is 9.52. The summed E-state index contributed by atoms with van der Waals surface area (Å²) in [7, 11) is -15.3. The van der Waals surface area contributed by atoms with Crippen LogP contribution in [0.4, 0.5) is 5.95 Å². The molecule has 2 aromatic heterocycles. The Labute approximate surface area is 227 Å². The van der Waals surface area contributed by atoms with Crippen LogP contribution in [0.1, 0.15) is 27.0 Å². The van der Waals surface area contributed by atoms with E-state index >= 15 is 0 Å². The fourth-order valence-electron chi connectivity index (χ4n) is 3.77. The lowest BCUT2D eigenvalue weighted by molar-refractivity contribution is -0.894. The average Bonchev–Trinajstić information content (AvgIpc) is 3.27. The second kappa shape index (κ2) is 13.6. The van der Waals surface area contributed by atoms with Crippen LogP contribution >= 0.6 is 23.5 Å². The van der Waals surface area contributed by atoms with Crippen LogP contribution in [0, 0.1) is 0 Å². The Kier molecular flexibility index (Phi) is 11.7. The van der Waals surface area contributed by atoms with Crippen LogP contribution < -0.4 is 20.8 Å². The lowest BCUT2D eigenvalue weighted by atomic mass is 10.1. The predicted molar refractivity (Wildman–Crippen MR) is 134 cm³/mol. The average molecular weight is 640 g/mol. The van der Waals surface area contributed by atoms with Crippen molar-refractivity contribution >= 4 is 40.6 Å². The fraction of sp³-hybridized carbons (Fsp3) is 0.706. The second-order valence-electron chi connectivity index (χ2n) is 8.50. The minimum absolute atomic E-state index is 0.0245. The van der Waals surface area contributed by atoms with Gasteiger partial charge < -0.3 is 45.2 Å². The first-order chi connectivity index (χ1) is 18.3. The molecule has 10 N–H and O–H groups in total. The van der Waals surface area contributed by atoms with Crippen LogP contribution in [-0.4, -0.2) is 88.9 Å². The number of fused-ring (bicyclic) bond motifs is 1. The van der Waals surface area contributed by atoms with E-state index in [0.29, 0.717) is 0 Å². The Morgan fingerprint density at radius 1 is 1.07 bits per heavy atom. The Bertz CT molecular complexity index is 1350. The minimum Gasteiger partial charge on any atom is -0.387 e. The molecule has 0 aromatic carbocycles. The molecule has 1 fully saturated rings. The van der Waals surface area contributed by atoms with E-state index in [1.807, 2.05) is 0 Å². The molecule has 1 aliphatic heterocycles. The molecule has 3 heterocycles. The van der Waals surface area contributed by atoms with E-state index in [2.05, 4.69) is 43.9 Å². The maximum atomic E-state index is 12.1. The van der Waals surface area contributed by atoms with Gasteiger partial charge in [0.15, 0.2) is 6.33 Å². The van der Waals surface area contributed by atoms with E-state index in [1.54, 1.807) is 4.90 Å². The molecule has 1 aliphatic rings. The van der Waals surface area contributed by atoms with Crippen molar-refractivity contribution in [2.24, 2.45) is 7.05 Å². The van der Waals surface area contributed by atoms with E-state index in [1.165, 1.54) is 42.1 Å². The fourth-order valence-corrected chi connectivity index (χ4v) is 6.80. The van der Waals surface area contributed by atoms with Gasteiger partial charge in [-0.2, -0.15) is 8.62 Å². The van der Waals surface area contributed by atoms with Crippen LogP contribution in [0.15, 0.2) is 11.1 Å². The number of H-pyrrole nitrogens is 1. The third kappa shape index (κ3) is 9.20. The summed E-state index contributed by atoms with van der Waals surface area (Å²) in [6, 6.07) is 0. The van der Waals surface area contributed by atoms with Gasteiger partial charge in [-0.1, -0.05) is 4.98 Å². The Morgan fingerprint density at radius 2 is 1.65 bits per heavy atom. The van der Waals surface area contributed by atoms with E-state index < -0.39 is 60.2 Å². The molecular formula is C17H35N6O14P3+2. The highest BCUT2D eigenvalue weighted by molar-refractivity contribution is 7.66. The zero-order chi connectivity index (χ0) is 30.6. The summed E-state index contributed by atoms with van der Waals surface area (Å²) in [6.45, 7) is 9.49. The maximum Gasteiger partial charge on any atom is 0.490 e. The number of nitrogens with two attached hydrogens (primary N) is 1. The van der Waals surface area contributed by atoms with Crippen molar-refractivity contribution in [1.82, 2.24) is 14.5 Å². The number of nitrogens with zero attached hydrogens (tertiary/aromatic N) is 3. The number of hydrogen-bond donors (Lipinski definition) is 9. The summed E-state index contributed by atoms with van der Waals surface area (Å²) < 4.78 is 53.3. The SMILES string of the molecule is CC[NH+](CC)CC.Cn1c[n+]([C@@H]2O[C@H](COP(=O)(O)OP(=O)(O)OP(=O)(O)O)[C@@H](O)[C@H]2O)c2nc(N)[nH]c(=O)c21. The highest BCUT2D eigenvalue weighted by Crippen LogP contribution is 2.66. The number of hydrogen-bond acceptors (Lipinski definition) is 12. The van der Waals surface area contributed by atoms with Gasteiger partial charge in [-0.25, -0.2) is 18.3 Å². The molecule has 2 aromatic rings. The molecule has 230 valence electrons. The number of phosphoric acid groups is 3. The number of aryl methyl sites for hydroxylation is 1. The van der Waals surface area contributed by atoms with E-state index in [4.69, 9.17) is 25.2 Å². The first-order valence-electron chi connectivity index (χ1n) is 11.7. The van der Waals surface area contributed by atoms with Crippen molar-refractivity contribution in [2.45, 2.75) is 45.3 Å². The van der Waals surface area contributed by atoms with Gasteiger partial charge in [0.25, 0.3) is 11.5 Å². The quantitative estimate of drug-likeness (QED) is 0.0875. The normalized spacial score (nSPS) is 24.5. The van der Waals surface area contributed by atoms with Crippen molar-refractivity contribution in [2.75, 3.05) is 32.0 Å². The first kappa shape index (κ1) is 34.6. The zero-order valence-electron chi connectivity index (χ0n) is 21.9. The summed E-state index contributed by atoms with van der Waals surface area (Å²) in [6.07, 6.45) is -5.00. The predicted octanol–water partition coefficient (Wildman–Crippen LogP) is -2.98. The third-order valence-electron chi connectivity index (χ3n) is 5.72. The summed E-state index contributed by atoms with van der Waals surface area (Å²) in [4.78, 5) is 55.7. The smallest absolute Gasteiger partial charge is 0.387 e. The molecule has 0 aliphatic carbocycles. The number of aliphatic hydroxyl groups excluding tert-OH is 2. The lowest BCUT2D eigenvalue weighted by Gasteiger charge is -2.18. The number of nitrogen functional groups attached to an aromatic ring is 1. The maximum absolute atomic E-state index is 12.1. The van der Waals surface area contributed by atoms with E-state index in [9.17, 15) is 33.6 Å². The molecule has 20 nitrogen and oxygen atoms in total. The summed E-state index contributed by atoms with van der Waals surface area (Å²) in [5.74, 6) is -0.246. The largest absolute Gasteiger partial charge is 0.490 e. The minimum atomic E-state index is -5.73. The van der Waals surface area contributed by atoms with Crippen molar-refractivity contribution in [3.63, 3.8) is 0 Å². The molecule has 0 radical (unpaired) electrons. The number of phosphoric ester groups is 1. The highest BCUT2D eigenvalue weighted by atomic mass is 31.3. The van der Waals surface area contributed by atoms with Crippen molar-refractivity contribution in [1.29, 1.82) is 0 Å². The van der Waals surface area contributed by atoms with Gasteiger partial charge in [0.05, 0.1) is 33.3 Å². The zero-order valence-corrected chi connectivity index (χ0v) is 24.6. The van der Waals surface area contributed by atoms with Gasteiger partial charge in [0.1, 0.15) is 18.3 Å². The van der Waals surface area contributed by atoms with Crippen LogP contribution in [-0.2, 0) is 38.6 Å². The molecule has 0 bridgehead atoms. The molecular weight excluding hydrogens is 605 g/mol. The van der Waals surface area contributed by atoms with Gasteiger partial charge in [0, 0.05) is 0 Å². The molecule has 23 heteroatoms.